The lowest BCUT2D eigenvalue weighted by atomic mass is 9.80. The molecular formula is C13H20F3NO. The minimum Gasteiger partial charge on any atom is -0.374 e. The van der Waals surface area contributed by atoms with E-state index in [9.17, 15) is 13.2 Å². The lowest BCUT2D eigenvalue weighted by Crippen LogP contribution is -2.32. The molecule has 0 aliphatic carbocycles. The molecule has 0 spiro atoms. The van der Waals surface area contributed by atoms with Crippen molar-refractivity contribution in [2.45, 2.75) is 45.9 Å². The number of nitrogens with zero attached hydrogens (tertiary/aromatic N) is 1. The van der Waals surface area contributed by atoms with Crippen LogP contribution in [0.15, 0.2) is 16.6 Å². The summed E-state index contributed by atoms with van der Waals surface area (Å²) in [6.45, 7) is 6.47. The molecule has 0 bridgehead atoms. The Morgan fingerprint density at radius 2 is 2.00 bits per heavy atom. The van der Waals surface area contributed by atoms with E-state index in [0.29, 0.717) is 12.2 Å². The summed E-state index contributed by atoms with van der Waals surface area (Å²) in [4.78, 5) is 3.29. The highest BCUT2D eigenvalue weighted by molar-refractivity contribution is 5.99. The molecule has 0 radical (unpaired) electrons. The normalized spacial score (nSPS) is 26.3. The SMILES string of the molecule is CN=C(/C=C(\C)C1CC(C)(C)CCO1)C(F)(F)F. The highest BCUT2D eigenvalue weighted by Crippen LogP contribution is 2.35. The first kappa shape index (κ1) is 15.2. The van der Waals surface area contributed by atoms with Crippen LogP contribution in [-0.2, 0) is 4.74 Å². The van der Waals surface area contributed by atoms with E-state index in [1.165, 1.54) is 0 Å². The third-order valence-electron chi connectivity index (χ3n) is 3.24. The number of hydrogen-bond acceptors (Lipinski definition) is 2. The van der Waals surface area contributed by atoms with Crippen LogP contribution >= 0.6 is 0 Å². The van der Waals surface area contributed by atoms with Crippen molar-refractivity contribution in [1.29, 1.82) is 0 Å². The molecule has 1 heterocycles. The summed E-state index contributed by atoms with van der Waals surface area (Å²) in [5.41, 5.74) is -0.160. The quantitative estimate of drug-likeness (QED) is 0.695. The molecule has 104 valence electrons. The Morgan fingerprint density at radius 1 is 1.39 bits per heavy atom. The Labute approximate surface area is 106 Å². The summed E-state index contributed by atoms with van der Waals surface area (Å²) in [5, 5.41) is 0. The van der Waals surface area contributed by atoms with E-state index in [1.54, 1.807) is 6.92 Å². The zero-order valence-electron chi connectivity index (χ0n) is 11.3. The number of alkyl halides is 3. The van der Waals surface area contributed by atoms with Crippen molar-refractivity contribution in [3.63, 3.8) is 0 Å². The monoisotopic (exact) mass is 263 g/mol. The smallest absolute Gasteiger partial charge is 0.374 e. The van der Waals surface area contributed by atoms with Gasteiger partial charge >= 0.3 is 6.18 Å². The van der Waals surface area contributed by atoms with Gasteiger partial charge in [-0.15, -0.1) is 0 Å². The van der Waals surface area contributed by atoms with E-state index in [0.717, 1.165) is 26.0 Å². The molecule has 18 heavy (non-hydrogen) atoms. The zero-order chi connectivity index (χ0) is 14.0. The van der Waals surface area contributed by atoms with Gasteiger partial charge in [-0.1, -0.05) is 13.8 Å². The van der Waals surface area contributed by atoms with Crippen molar-refractivity contribution < 1.29 is 17.9 Å². The van der Waals surface area contributed by atoms with Crippen LogP contribution < -0.4 is 0 Å². The van der Waals surface area contributed by atoms with Crippen LogP contribution in [-0.4, -0.2) is 31.6 Å². The third kappa shape index (κ3) is 4.12. The number of rotatable bonds is 2. The van der Waals surface area contributed by atoms with Crippen LogP contribution in [0.25, 0.3) is 0 Å². The van der Waals surface area contributed by atoms with E-state index in [2.05, 4.69) is 18.8 Å². The van der Waals surface area contributed by atoms with E-state index in [-0.39, 0.29) is 11.5 Å². The number of aliphatic imine (C=N–C) groups is 1. The van der Waals surface area contributed by atoms with Gasteiger partial charge in [-0.2, -0.15) is 13.2 Å². The molecule has 1 fully saturated rings. The summed E-state index contributed by atoms with van der Waals surface area (Å²) in [7, 11) is 1.15. The van der Waals surface area contributed by atoms with Gasteiger partial charge in [0.15, 0.2) is 0 Å². The van der Waals surface area contributed by atoms with Crippen molar-refractivity contribution in [3.8, 4) is 0 Å². The minimum absolute atomic E-state index is 0.111. The summed E-state index contributed by atoms with van der Waals surface area (Å²) in [6, 6.07) is 0. The topological polar surface area (TPSA) is 21.6 Å². The van der Waals surface area contributed by atoms with Crippen molar-refractivity contribution >= 4 is 5.71 Å². The molecule has 0 aromatic heterocycles. The Balaban J connectivity index is 2.83. The van der Waals surface area contributed by atoms with Gasteiger partial charge in [0, 0.05) is 13.7 Å². The Bertz CT molecular complexity index is 356. The van der Waals surface area contributed by atoms with Gasteiger partial charge in [0.1, 0.15) is 5.71 Å². The van der Waals surface area contributed by atoms with Crippen LogP contribution in [0.2, 0.25) is 0 Å². The molecule has 1 aliphatic rings. The molecule has 5 heteroatoms. The van der Waals surface area contributed by atoms with Gasteiger partial charge in [-0.05, 0) is 36.8 Å². The van der Waals surface area contributed by atoms with Crippen molar-refractivity contribution in [3.05, 3.63) is 11.6 Å². The predicted molar refractivity (Wildman–Crippen MR) is 65.9 cm³/mol. The van der Waals surface area contributed by atoms with Crippen LogP contribution in [0.3, 0.4) is 0 Å². The highest BCUT2D eigenvalue weighted by Gasteiger charge is 2.35. The van der Waals surface area contributed by atoms with Crippen molar-refractivity contribution in [2.75, 3.05) is 13.7 Å². The standard InChI is InChI=1S/C13H20F3NO/c1-9(7-11(17-4)13(14,15)16)10-8-12(2,3)5-6-18-10/h7,10H,5-6,8H2,1-4H3/b9-7+,17-11?. The number of ether oxygens (including phenoxy) is 1. The van der Waals surface area contributed by atoms with E-state index < -0.39 is 11.9 Å². The maximum Gasteiger partial charge on any atom is 0.432 e. The predicted octanol–water partition coefficient (Wildman–Crippen LogP) is 3.77. The molecule has 2 nitrogen and oxygen atoms in total. The fourth-order valence-electron chi connectivity index (χ4n) is 2.01. The summed E-state index contributed by atoms with van der Waals surface area (Å²) in [6.07, 6.45) is -1.88. The average Bonchev–Trinajstić information content (AvgIpc) is 2.22. The molecule has 0 N–H and O–H groups in total. The zero-order valence-corrected chi connectivity index (χ0v) is 11.3. The molecule has 1 atom stereocenters. The number of hydrogen-bond donors (Lipinski definition) is 0. The van der Waals surface area contributed by atoms with Crippen molar-refractivity contribution in [2.24, 2.45) is 10.4 Å². The van der Waals surface area contributed by atoms with Crippen LogP contribution in [0.5, 0.6) is 0 Å². The largest absolute Gasteiger partial charge is 0.432 e. The molecule has 1 aliphatic heterocycles. The highest BCUT2D eigenvalue weighted by atomic mass is 19.4. The second-order valence-corrected chi connectivity index (χ2v) is 5.47. The lowest BCUT2D eigenvalue weighted by Gasteiger charge is -2.35. The van der Waals surface area contributed by atoms with Gasteiger partial charge in [0.05, 0.1) is 6.10 Å². The lowest BCUT2D eigenvalue weighted by molar-refractivity contribution is -0.0579. The van der Waals surface area contributed by atoms with Crippen LogP contribution in [0, 0.1) is 5.41 Å². The molecule has 1 unspecified atom stereocenters. The Hall–Kier alpha value is -0.840. The third-order valence-corrected chi connectivity index (χ3v) is 3.24. The van der Waals surface area contributed by atoms with Gasteiger partial charge in [0.25, 0.3) is 0 Å². The van der Waals surface area contributed by atoms with E-state index >= 15 is 0 Å². The molecule has 0 aromatic rings. The Kier molecular flexibility index (Phi) is 4.59. The maximum atomic E-state index is 12.6. The average molecular weight is 263 g/mol. The summed E-state index contributed by atoms with van der Waals surface area (Å²) in [5.74, 6) is 0. The second-order valence-electron chi connectivity index (χ2n) is 5.47. The van der Waals surface area contributed by atoms with Gasteiger partial charge in [0.2, 0.25) is 0 Å². The minimum atomic E-state index is -4.40. The van der Waals surface area contributed by atoms with Crippen molar-refractivity contribution in [1.82, 2.24) is 0 Å². The van der Waals surface area contributed by atoms with Gasteiger partial charge in [-0.3, -0.25) is 4.99 Å². The van der Waals surface area contributed by atoms with E-state index in [4.69, 9.17) is 4.74 Å². The fourth-order valence-corrected chi connectivity index (χ4v) is 2.01. The van der Waals surface area contributed by atoms with Gasteiger partial charge < -0.3 is 4.74 Å². The molecular weight excluding hydrogens is 243 g/mol. The van der Waals surface area contributed by atoms with Crippen LogP contribution in [0.4, 0.5) is 13.2 Å². The first-order valence-corrected chi connectivity index (χ1v) is 5.99. The molecule has 0 aromatic carbocycles. The summed E-state index contributed by atoms with van der Waals surface area (Å²) >= 11 is 0. The summed E-state index contributed by atoms with van der Waals surface area (Å²) < 4.78 is 43.3. The Morgan fingerprint density at radius 3 is 2.44 bits per heavy atom. The second kappa shape index (κ2) is 5.43. The molecule has 1 rings (SSSR count). The maximum absolute atomic E-state index is 12.6. The molecule has 1 saturated heterocycles. The fraction of sp³-hybridized carbons (Fsp3) is 0.769. The number of allylic oxidation sites excluding steroid dienone is 1. The first-order valence-electron chi connectivity index (χ1n) is 5.99. The first-order chi connectivity index (χ1) is 8.15. The van der Waals surface area contributed by atoms with E-state index in [1.807, 2.05) is 0 Å². The number of halogens is 3. The molecule has 0 saturated carbocycles. The van der Waals surface area contributed by atoms with Crippen LogP contribution in [0.1, 0.15) is 33.6 Å². The van der Waals surface area contributed by atoms with Gasteiger partial charge in [-0.25, -0.2) is 0 Å². The molecule has 0 amide bonds.